The predicted octanol–water partition coefficient (Wildman–Crippen LogP) is 2.47. The molecule has 1 aromatic heterocycles. The standard InChI is InChI=1S/C19H17N3O3/c23-18-11-6-12-21-22(18)14-13-20-19(24)16-9-4-5-10-17(16)25-15-7-2-1-3-8-15/h1-12H,13-14H2,(H,20,24). The topological polar surface area (TPSA) is 73.2 Å². The Hall–Kier alpha value is -3.41. The third-order valence-electron chi connectivity index (χ3n) is 3.50. The van der Waals surface area contributed by atoms with Gasteiger partial charge in [-0.05, 0) is 30.3 Å². The number of para-hydroxylation sites is 2. The molecule has 3 rings (SSSR count). The van der Waals surface area contributed by atoms with Crippen LogP contribution in [0.15, 0.2) is 77.7 Å². The highest BCUT2D eigenvalue weighted by Gasteiger charge is 2.12. The third-order valence-corrected chi connectivity index (χ3v) is 3.50. The maximum Gasteiger partial charge on any atom is 0.266 e. The SMILES string of the molecule is O=C(NCCn1ncccc1=O)c1ccccc1Oc1ccccc1. The highest BCUT2D eigenvalue weighted by molar-refractivity contribution is 5.96. The van der Waals surface area contributed by atoms with Gasteiger partial charge in [0.1, 0.15) is 11.5 Å². The summed E-state index contributed by atoms with van der Waals surface area (Å²) in [4.78, 5) is 24.0. The van der Waals surface area contributed by atoms with Crippen molar-refractivity contribution in [3.63, 3.8) is 0 Å². The van der Waals surface area contributed by atoms with E-state index in [0.29, 0.717) is 23.6 Å². The Morgan fingerprint density at radius 1 is 1.00 bits per heavy atom. The number of hydrogen-bond acceptors (Lipinski definition) is 4. The summed E-state index contributed by atoms with van der Waals surface area (Å²) in [6, 6.07) is 19.3. The second-order valence-electron chi connectivity index (χ2n) is 5.25. The van der Waals surface area contributed by atoms with Crippen LogP contribution in [0.3, 0.4) is 0 Å². The summed E-state index contributed by atoms with van der Waals surface area (Å²) in [6.45, 7) is 0.586. The van der Waals surface area contributed by atoms with Crippen molar-refractivity contribution in [3.8, 4) is 11.5 Å². The lowest BCUT2D eigenvalue weighted by atomic mass is 10.2. The molecule has 1 amide bonds. The summed E-state index contributed by atoms with van der Waals surface area (Å²) < 4.78 is 7.08. The Morgan fingerprint density at radius 2 is 1.76 bits per heavy atom. The lowest BCUT2D eigenvalue weighted by molar-refractivity contribution is 0.0949. The number of carbonyl (C=O) groups excluding carboxylic acids is 1. The van der Waals surface area contributed by atoms with Crippen LogP contribution in [0.25, 0.3) is 0 Å². The van der Waals surface area contributed by atoms with Gasteiger partial charge in [0.2, 0.25) is 0 Å². The molecule has 0 saturated heterocycles. The van der Waals surface area contributed by atoms with Crippen LogP contribution < -0.4 is 15.6 Å². The van der Waals surface area contributed by atoms with E-state index in [-0.39, 0.29) is 18.0 Å². The van der Waals surface area contributed by atoms with Gasteiger partial charge in [0, 0.05) is 18.8 Å². The average molecular weight is 335 g/mol. The zero-order valence-electron chi connectivity index (χ0n) is 13.5. The average Bonchev–Trinajstić information content (AvgIpc) is 2.64. The molecule has 1 N–H and O–H groups in total. The number of hydrogen-bond donors (Lipinski definition) is 1. The number of rotatable bonds is 6. The van der Waals surface area contributed by atoms with Crippen molar-refractivity contribution < 1.29 is 9.53 Å². The molecule has 1 heterocycles. The van der Waals surface area contributed by atoms with Gasteiger partial charge in [-0.2, -0.15) is 5.10 Å². The summed E-state index contributed by atoms with van der Waals surface area (Å²) in [5, 5.41) is 6.73. The first-order valence-electron chi connectivity index (χ1n) is 7.86. The maximum absolute atomic E-state index is 12.4. The first-order chi connectivity index (χ1) is 12.2. The van der Waals surface area contributed by atoms with Gasteiger partial charge >= 0.3 is 0 Å². The minimum absolute atomic E-state index is 0.204. The molecule has 6 nitrogen and oxygen atoms in total. The summed E-state index contributed by atoms with van der Waals surface area (Å²) in [5.74, 6) is 0.861. The molecule has 0 bridgehead atoms. The minimum atomic E-state index is -0.268. The van der Waals surface area contributed by atoms with Crippen molar-refractivity contribution >= 4 is 5.91 Å². The third kappa shape index (κ3) is 4.32. The number of nitrogens with one attached hydrogen (secondary N) is 1. The maximum atomic E-state index is 12.4. The van der Waals surface area contributed by atoms with E-state index >= 15 is 0 Å². The van der Waals surface area contributed by atoms with E-state index in [9.17, 15) is 9.59 Å². The van der Waals surface area contributed by atoms with Crippen molar-refractivity contribution in [3.05, 3.63) is 88.8 Å². The van der Waals surface area contributed by atoms with E-state index in [0.717, 1.165) is 0 Å². The molecule has 0 saturated carbocycles. The fourth-order valence-corrected chi connectivity index (χ4v) is 2.28. The number of nitrogens with zero attached hydrogens (tertiary/aromatic N) is 2. The summed E-state index contributed by atoms with van der Waals surface area (Å²) in [7, 11) is 0. The predicted molar refractivity (Wildman–Crippen MR) is 93.8 cm³/mol. The minimum Gasteiger partial charge on any atom is -0.457 e. The van der Waals surface area contributed by atoms with Crippen molar-refractivity contribution in [2.24, 2.45) is 0 Å². The molecule has 0 aliphatic rings. The molecule has 0 aliphatic heterocycles. The van der Waals surface area contributed by atoms with Crippen LogP contribution in [0.2, 0.25) is 0 Å². The molecule has 6 heteroatoms. The van der Waals surface area contributed by atoms with E-state index in [1.807, 2.05) is 36.4 Å². The van der Waals surface area contributed by atoms with Gasteiger partial charge in [-0.1, -0.05) is 30.3 Å². The molecule has 126 valence electrons. The van der Waals surface area contributed by atoms with Gasteiger partial charge < -0.3 is 10.1 Å². The van der Waals surface area contributed by atoms with Crippen LogP contribution in [-0.4, -0.2) is 22.2 Å². The van der Waals surface area contributed by atoms with Gasteiger partial charge in [0.05, 0.1) is 12.1 Å². The Labute approximate surface area is 144 Å². The van der Waals surface area contributed by atoms with Crippen LogP contribution in [0, 0.1) is 0 Å². The Morgan fingerprint density at radius 3 is 2.56 bits per heavy atom. The molecular formula is C19H17N3O3. The first-order valence-corrected chi connectivity index (χ1v) is 7.86. The van der Waals surface area contributed by atoms with Gasteiger partial charge in [0.15, 0.2) is 0 Å². The number of aromatic nitrogens is 2. The van der Waals surface area contributed by atoms with Crippen LogP contribution >= 0.6 is 0 Å². The Kier molecular flexibility index (Phi) is 5.21. The van der Waals surface area contributed by atoms with Crippen molar-refractivity contribution in [2.45, 2.75) is 6.54 Å². The van der Waals surface area contributed by atoms with E-state index in [1.165, 1.54) is 16.9 Å². The normalized spacial score (nSPS) is 10.2. The molecule has 0 aliphatic carbocycles. The monoisotopic (exact) mass is 335 g/mol. The zero-order valence-corrected chi connectivity index (χ0v) is 13.5. The van der Waals surface area contributed by atoms with E-state index in [1.54, 1.807) is 24.3 Å². The lowest BCUT2D eigenvalue weighted by Crippen LogP contribution is -2.31. The van der Waals surface area contributed by atoms with E-state index < -0.39 is 0 Å². The van der Waals surface area contributed by atoms with Crippen LogP contribution in [0.4, 0.5) is 0 Å². The van der Waals surface area contributed by atoms with Gasteiger partial charge in [-0.15, -0.1) is 0 Å². The summed E-state index contributed by atoms with van der Waals surface area (Å²) in [6.07, 6.45) is 1.53. The second-order valence-corrected chi connectivity index (χ2v) is 5.25. The Balaban J connectivity index is 1.66. The first kappa shape index (κ1) is 16.4. The van der Waals surface area contributed by atoms with Crippen LogP contribution in [0.5, 0.6) is 11.5 Å². The molecule has 0 radical (unpaired) electrons. The van der Waals surface area contributed by atoms with Crippen molar-refractivity contribution in [1.82, 2.24) is 15.1 Å². The highest BCUT2D eigenvalue weighted by atomic mass is 16.5. The number of benzene rings is 2. The van der Waals surface area contributed by atoms with Gasteiger partial charge in [0.25, 0.3) is 11.5 Å². The molecule has 2 aromatic carbocycles. The molecule has 3 aromatic rings. The zero-order chi connectivity index (χ0) is 17.5. The smallest absolute Gasteiger partial charge is 0.266 e. The highest BCUT2D eigenvalue weighted by Crippen LogP contribution is 2.24. The second kappa shape index (κ2) is 7.92. The molecule has 0 fully saturated rings. The fourth-order valence-electron chi connectivity index (χ4n) is 2.28. The molecular weight excluding hydrogens is 318 g/mol. The number of amides is 1. The Bertz CT molecular complexity index is 907. The molecule has 0 unspecified atom stereocenters. The molecule has 0 spiro atoms. The summed E-state index contributed by atoms with van der Waals surface area (Å²) >= 11 is 0. The van der Waals surface area contributed by atoms with Crippen molar-refractivity contribution in [1.29, 1.82) is 0 Å². The molecule has 25 heavy (non-hydrogen) atoms. The molecule has 0 atom stereocenters. The number of carbonyl (C=O) groups is 1. The van der Waals surface area contributed by atoms with Crippen LogP contribution in [-0.2, 0) is 6.54 Å². The fraction of sp³-hybridized carbons (Fsp3) is 0.105. The van der Waals surface area contributed by atoms with Gasteiger partial charge in [-0.3, -0.25) is 9.59 Å². The lowest BCUT2D eigenvalue weighted by Gasteiger charge is -2.11. The van der Waals surface area contributed by atoms with Crippen LogP contribution in [0.1, 0.15) is 10.4 Å². The van der Waals surface area contributed by atoms with E-state index in [2.05, 4.69) is 10.4 Å². The number of ether oxygens (including phenoxy) is 1. The quantitative estimate of drug-likeness (QED) is 0.751. The van der Waals surface area contributed by atoms with Gasteiger partial charge in [-0.25, -0.2) is 4.68 Å². The summed E-state index contributed by atoms with van der Waals surface area (Å²) in [5.41, 5.74) is 0.226. The largest absolute Gasteiger partial charge is 0.457 e. The van der Waals surface area contributed by atoms with Crippen molar-refractivity contribution in [2.75, 3.05) is 6.54 Å². The van der Waals surface area contributed by atoms with E-state index in [4.69, 9.17) is 4.74 Å².